The molecule has 1 amide bonds. The number of hydrogen-bond donors (Lipinski definition) is 1. The topological polar surface area (TPSA) is 41.6 Å². The summed E-state index contributed by atoms with van der Waals surface area (Å²) in [6.07, 6.45) is 7.01. The zero-order valence-corrected chi connectivity index (χ0v) is 13.8. The molecule has 0 aromatic heterocycles. The zero-order chi connectivity index (χ0) is 15.1. The summed E-state index contributed by atoms with van der Waals surface area (Å²) in [7, 11) is 1.76. The molecule has 21 heavy (non-hydrogen) atoms. The third-order valence-corrected chi connectivity index (χ3v) is 5.27. The molecule has 2 fully saturated rings. The Morgan fingerprint density at radius 2 is 1.81 bits per heavy atom. The van der Waals surface area contributed by atoms with Gasteiger partial charge in [0, 0.05) is 26.1 Å². The van der Waals surface area contributed by atoms with Gasteiger partial charge in [-0.1, -0.05) is 6.92 Å². The van der Waals surface area contributed by atoms with E-state index in [1.165, 1.54) is 25.7 Å². The highest BCUT2D eigenvalue weighted by molar-refractivity contribution is 5.78. The molecule has 0 aromatic carbocycles. The first-order valence-electron chi connectivity index (χ1n) is 8.68. The second kappa shape index (κ2) is 8.74. The van der Waals surface area contributed by atoms with Crippen LogP contribution in [0.1, 0.15) is 45.4 Å². The summed E-state index contributed by atoms with van der Waals surface area (Å²) in [5.41, 5.74) is 0. The number of carbonyl (C=O) groups is 1. The molecule has 2 aliphatic rings. The van der Waals surface area contributed by atoms with Gasteiger partial charge in [-0.2, -0.15) is 0 Å². The highest BCUT2D eigenvalue weighted by Gasteiger charge is 2.25. The van der Waals surface area contributed by atoms with Crippen molar-refractivity contribution in [2.45, 2.75) is 45.4 Å². The molecule has 1 N–H and O–H groups in total. The summed E-state index contributed by atoms with van der Waals surface area (Å²) in [4.78, 5) is 14.7. The molecule has 0 radical (unpaired) electrons. The zero-order valence-electron chi connectivity index (χ0n) is 13.8. The number of nitrogens with zero attached hydrogens (tertiary/aromatic N) is 1. The smallest absolute Gasteiger partial charge is 0.223 e. The number of methoxy groups -OCH3 is 1. The molecular weight excluding hydrogens is 264 g/mol. The van der Waals surface area contributed by atoms with E-state index in [1.54, 1.807) is 7.11 Å². The van der Waals surface area contributed by atoms with Crippen LogP contribution >= 0.6 is 0 Å². The van der Waals surface area contributed by atoms with Crippen molar-refractivity contribution in [3.63, 3.8) is 0 Å². The van der Waals surface area contributed by atoms with Crippen LogP contribution in [0.4, 0.5) is 0 Å². The summed E-state index contributed by atoms with van der Waals surface area (Å²) in [6.45, 7) is 7.32. The average Bonchev–Trinajstić information content (AvgIpc) is 2.52. The number of rotatable bonds is 6. The summed E-state index contributed by atoms with van der Waals surface area (Å²) >= 11 is 0. The average molecular weight is 296 g/mol. The van der Waals surface area contributed by atoms with Crippen LogP contribution in [0.2, 0.25) is 0 Å². The molecule has 0 unspecified atom stereocenters. The van der Waals surface area contributed by atoms with E-state index in [0.717, 1.165) is 51.5 Å². The van der Waals surface area contributed by atoms with Gasteiger partial charge in [0.05, 0.1) is 6.61 Å². The lowest BCUT2D eigenvalue weighted by Crippen LogP contribution is -2.41. The second-order valence-corrected chi connectivity index (χ2v) is 6.98. The minimum atomic E-state index is 0.281. The molecular formula is C17H32N2O2. The number of amides is 1. The van der Waals surface area contributed by atoms with Gasteiger partial charge in [0.15, 0.2) is 0 Å². The van der Waals surface area contributed by atoms with E-state index in [-0.39, 0.29) is 5.92 Å². The highest BCUT2D eigenvalue weighted by Crippen LogP contribution is 2.28. The van der Waals surface area contributed by atoms with Crippen molar-refractivity contribution >= 4 is 5.91 Å². The van der Waals surface area contributed by atoms with Crippen molar-refractivity contribution in [1.29, 1.82) is 0 Å². The first-order chi connectivity index (χ1) is 10.2. The van der Waals surface area contributed by atoms with Gasteiger partial charge in [-0.25, -0.2) is 0 Å². The molecule has 2 rings (SSSR count). The fourth-order valence-electron chi connectivity index (χ4n) is 3.55. The largest absolute Gasteiger partial charge is 0.383 e. The number of ether oxygens (including phenoxy) is 1. The monoisotopic (exact) mass is 296 g/mol. The van der Waals surface area contributed by atoms with Gasteiger partial charge in [-0.05, 0) is 63.5 Å². The Balaban J connectivity index is 1.60. The summed E-state index contributed by atoms with van der Waals surface area (Å²) in [6, 6.07) is 0. The molecule has 0 spiro atoms. The number of carbonyl (C=O) groups excluding carboxylic acids is 1. The molecule has 4 nitrogen and oxygen atoms in total. The maximum atomic E-state index is 12.2. The van der Waals surface area contributed by atoms with Gasteiger partial charge >= 0.3 is 0 Å². The van der Waals surface area contributed by atoms with Crippen molar-refractivity contribution in [2.75, 3.05) is 39.9 Å². The number of likely N-dealkylation sites (tertiary alicyclic amines) is 1. The molecule has 1 saturated heterocycles. The third-order valence-electron chi connectivity index (χ3n) is 5.27. The fraction of sp³-hybridized carbons (Fsp3) is 0.941. The Labute approximate surface area is 129 Å². The van der Waals surface area contributed by atoms with Crippen LogP contribution in [0.5, 0.6) is 0 Å². The van der Waals surface area contributed by atoms with Crippen LogP contribution in [-0.4, -0.2) is 50.7 Å². The van der Waals surface area contributed by atoms with E-state index in [9.17, 15) is 4.79 Å². The molecule has 0 aromatic rings. The summed E-state index contributed by atoms with van der Waals surface area (Å²) < 4.78 is 5.13. The molecule has 1 aliphatic carbocycles. The van der Waals surface area contributed by atoms with Crippen LogP contribution in [-0.2, 0) is 9.53 Å². The predicted octanol–water partition coefficient (Wildman–Crippen LogP) is 2.29. The van der Waals surface area contributed by atoms with Crippen molar-refractivity contribution in [1.82, 2.24) is 10.2 Å². The first kappa shape index (κ1) is 16.8. The van der Waals surface area contributed by atoms with Crippen LogP contribution < -0.4 is 5.32 Å². The lowest BCUT2D eigenvalue weighted by Gasteiger charge is -2.32. The Morgan fingerprint density at radius 3 is 2.43 bits per heavy atom. The normalized spacial score (nSPS) is 28.5. The highest BCUT2D eigenvalue weighted by atomic mass is 16.5. The molecule has 0 atom stereocenters. The van der Waals surface area contributed by atoms with Crippen molar-refractivity contribution < 1.29 is 9.53 Å². The van der Waals surface area contributed by atoms with Crippen molar-refractivity contribution in [3.05, 3.63) is 0 Å². The molecule has 4 heteroatoms. The van der Waals surface area contributed by atoms with Crippen molar-refractivity contribution in [3.8, 4) is 0 Å². The molecule has 122 valence electrons. The fourth-order valence-corrected chi connectivity index (χ4v) is 3.55. The quantitative estimate of drug-likeness (QED) is 0.817. The molecule has 1 aliphatic heterocycles. The van der Waals surface area contributed by atoms with Gasteiger partial charge in [0.25, 0.3) is 0 Å². The predicted molar refractivity (Wildman–Crippen MR) is 85.2 cm³/mol. The van der Waals surface area contributed by atoms with Crippen LogP contribution in [0.25, 0.3) is 0 Å². The molecule has 1 heterocycles. The van der Waals surface area contributed by atoms with Gasteiger partial charge in [0.1, 0.15) is 0 Å². The lowest BCUT2D eigenvalue weighted by atomic mass is 9.82. The third kappa shape index (κ3) is 5.59. The first-order valence-corrected chi connectivity index (χ1v) is 8.68. The van der Waals surface area contributed by atoms with E-state index < -0.39 is 0 Å². The summed E-state index contributed by atoms with van der Waals surface area (Å²) in [5.74, 6) is 2.06. The minimum absolute atomic E-state index is 0.281. The van der Waals surface area contributed by atoms with E-state index in [1.807, 2.05) is 0 Å². The van der Waals surface area contributed by atoms with E-state index >= 15 is 0 Å². The number of nitrogens with one attached hydrogen (secondary N) is 1. The standard InChI is InChI=1S/C17H32N2O2/c1-14-3-5-16(6-4-14)17(20)18-13-15-7-9-19(10-8-15)11-12-21-2/h14-16H,3-13H2,1-2H3,(H,18,20). The lowest BCUT2D eigenvalue weighted by molar-refractivity contribution is -0.126. The summed E-state index contributed by atoms with van der Waals surface area (Å²) in [5, 5.41) is 3.21. The van der Waals surface area contributed by atoms with Gasteiger partial charge in [-0.3, -0.25) is 4.79 Å². The maximum Gasteiger partial charge on any atom is 0.223 e. The van der Waals surface area contributed by atoms with Gasteiger partial charge < -0.3 is 15.0 Å². The molecule has 0 bridgehead atoms. The van der Waals surface area contributed by atoms with Crippen LogP contribution in [0.3, 0.4) is 0 Å². The minimum Gasteiger partial charge on any atom is -0.383 e. The van der Waals surface area contributed by atoms with Gasteiger partial charge in [0.2, 0.25) is 5.91 Å². The Bertz CT molecular complexity index is 306. The number of hydrogen-bond acceptors (Lipinski definition) is 3. The Morgan fingerprint density at radius 1 is 1.14 bits per heavy atom. The van der Waals surface area contributed by atoms with Crippen LogP contribution in [0, 0.1) is 17.8 Å². The van der Waals surface area contributed by atoms with E-state index in [0.29, 0.717) is 11.8 Å². The van der Waals surface area contributed by atoms with E-state index in [2.05, 4.69) is 17.1 Å². The van der Waals surface area contributed by atoms with Crippen LogP contribution in [0.15, 0.2) is 0 Å². The van der Waals surface area contributed by atoms with E-state index in [4.69, 9.17) is 4.74 Å². The molecule has 1 saturated carbocycles. The maximum absolute atomic E-state index is 12.2. The van der Waals surface area contributed by atoms with Crippen molar-refractivity contribution in [2.24, 2.45) is 17.8 Å². The Hall–Kier alpha value is -0.610. The van der Waals surface area contributed by atoms with Gasteiger partial charge in [-0.15, -0.1) is 0 Å². The Kier molecular flexibility index (Phi) is 6.97. The SMILES string of the molecule is COCCN1CCC(CNC(=O)C2CCC(C)CC2)CC1. The second-order valence-electron chi connectivity index (χ2n) is 6.98. The number of piperidine rings is 1.